The van der Waals surface area contributed by atoms with Crippen LogP contribution < -0.4 is 4.90 Å². The van der Waals surface area contributed by atoms with Gasteiger partial charge >= 0.3 is 5.97 Å². The SMILES string of the molecule is CCCN(C)c1ccc(C(=O)O)cc1C. The summed E-state index contributed by atoms with van der Waals surface area (Å²) in [5.74, 6) is -0.872. The lowest BCUT2D eigenvalue weighted by Crippen LogP contribution is -2.18. The van der Waals surface area contributed by atoms with E-state index >= 15 is 0 Å². The first-order chi connectivity index (χ1) is 7.06. The highest BCUT2D eigenvalue weighted by atomic mass is 16.4. The van der Waals surface area contributed by atoms with Crippen LogP contribution in [0.3, 0.4) is 0 Å². The van der Waals surface area contributed by atoms with Crippen LogP contribution in [0.25, 0.3) is 0 Å². The van der Waals surface area contributed by atoms with Gasteiger partial charge in [0.15, 0.2) is 0 Å². The summed E-state index contributed by atoms with van der Waals surface area (Å²) < 4.78 is 0. The summed E-state index contributed by atoms with van der Waals surface area (Å²) in [6, 6.07) is 5.23. The molecule has 1 N–H and O–H groups in total. The highest BCUT2D eigenvalue weighted by Gasteiger charge is 2.07. The Hall–Kier alpha value is -1.51. The monoisotopic (exact) mass is 207 g/mol. The standard InChI is InChI=1S/C12H17NO2/c1-4-7-13(3)11-6-5-10(12(14)15)8-9(11)2/h5-6,8H,4,7H2,1-3H3,(H,14,15). The fourth-order valence-corrected chi connectivity index (χ4v) is 1.67. The molecule has 3 nitrogen and oxygen atoms in total. The van der Waals surface area contributed by atoms with E-state index in [0.717, 1.165) is 24.2 Å². The number of nitrogens with zero attached hydrogens (tertiary/aromatic N) is 1. The number of carbonyl (C=O) groups is 1. The van der Waals surface area contributed by atoms with Crippen LogP contribution in [0.1, 0.15) is 29.3 Å². The van der Waals surface area contributed by atoms with Gasteiger partial charge in [-0.1, -0.05) is 6.92 Å². The van der Waals surface area contributed by atoms with Crippen LogP contribution in [0, 0.1) is 6.92 Å². The molecule has 1 aromatic carbocycles. The van der Waals surface area contributed by atoms with Crippen molar-refractivity contribution >= 4 is 11.7 Å². The minimum atomic E-state index is -0.872. The smallest absolute Gasteiger partial charge is 0.335 e. The minimum absolute atomic E-state index is 0.348. The average Bonchev–Trinajstić information content (AvgIpc) is 2.17. The molecule has 0 unspecified atom stereocenters. The molecular formula is C12H17NO2. The van der Waals surface area contributed by atoms with E-state index in [1.54, 1.807) is 12.1 Å². The molecule has 0 aliphatic heterocycles. The van der Waals surface area contributed by atoms with Gasteiger partial charge in [-0.05, 0) is 37.1 Å². The molecule has 0 aliphatic rings. The summed E-state index contributed by atoms with van der Waals surface area (Å²) in [7, 11) is 2.02. The molecule has 0 fully saturated rings. The zero-order valence-electron chi connectivity index (χ0n) is 9.45. The van der Waals surface area contributed by atoms with Gasteiger partial charge in [0.25, 0.3) is 0 Å². The fraction of sp³-hybridized carbons (Fsp3) is 0.417. The first-order valence-electron chi connectivity index (χ1n) is 5.11. The van der Waals surface area contributed by atoms with Crippen molar-refractivity contribution in [3.63, 3.8) is 0 Å². The molecular weight excluding hydrogens is 190 g/mol. The molecule has 1 aromatic rings. The van der Waals surface area contributed by atoms with E-state index in [-0.39, 0.29) is 0 Å². The minimum Gasteiger partial charge on any atom is -0.478 e. The van der Waals surface area contributed by atoms with Gasteiger partial charge < -0.3 is 10.0 Å². The molecule has 0 bridgehead atoms. The Labute approximate surface area is 90.3 Å². The summed E-state index contributed by atoms with van der Waals surface area (Å²) in [5.41, 5.74) is 2.45. The predicted molar refractivity (Wildman–Crippen MR) is 61.7 cm³/mol. The summed E-state index contributed by atoms with van der Waals surface area (Å²) in [5, 5.41) is 8.83. The van der Waals surface area contributed by atoms with Crippen LogP contribution in [0.2, 0.25) is 0 Å². The van der Waals surface area contributed by atoms with E-state index in [0.29, 0.717) is 5.56 Å². The van der Waals surface area contributed by atoms with Gasteiger partial charge in [-0.2, -0.15) is 0 Å². The molecule has 3 heteroatoms. The molecule has 1 rings (SSSR count). The molecule has 0 atom stereocenters. The number of hydrogen-bond acceptors (Lipinski definition) is 2. The van der Waals surface area contributed by atoms with Gasteiger partial charge in [0, 0.05) is 19.3 Å². The van der Waals surface area contributed by atoms with Crippen LogP contribution in [-0.4, -0.2) is 24.7 Å². The maximum atomic E-state index is 10.7. The summed E-state index contributed by atoms with van der Waals surface area (Å²) in [4.78, 5) is 12.9. The van der Waals surface area contributed by atoms with E-state index < -0.39 is 5.97 Å². The molecule has 0 spiro atoms. The second-order valence-corrected chi connectivity index (χ2v) is 3.73. The number of carboxylic acid groups (broad SMARTS) is 1. The molecule has 0 aromatic heterocycles. The normalized spacial score (nSPS) is 10.1. The highest BCUT2D eigenvalue weighted by molar-refractivity contribution is 5.88. The number of aryl methyl sites for hydroxylation is 1. The molecule has 82 valence electrons. The van der Waals surface area contributed by atoms with Crippen molar-refractivity contribution in [2.45, 2.75) is 20.3 Å². The van der Waals surface area contributed by atoms with Crippen molar-refractivity contribution in [1.29, 1.82) is 0 Å². The summed E-state index contributed by atoms with van der Waals surface area (Å²) in [6.45, 7) is 5.04. The zero-order chi connectivity index (χ0) is 11.4. The largest absolute Gasteiger partial charge is 0.478 e. The Morgan fingerprint density at radius 3 is 2.60 bits per heavy atom. The number of carboxylic acids is 1. The molecule has 0 heterocycles. The van der Waals surface area contributed by atoms with Gasteiger partial charge in [-0.15, -0.1) is 0 Å². The Bertz CT molecular complexity index is 361. The van der Waals surface area contributed by atoms with Gasteiger partial charge in [0.05, 0.1) is 5.56 Å². The fourth-order valence-electron chi connectivity index (χ4n) is 1.67. The van der Waals surface area contributed by atoms with Gasteiger partial charge in [-0.25, -0.2) is 4.79 Å². The van der Waals surface area contributed by atoms with Crippen LogP contribution in [0.5, 0.6) is 0 Å². The summed E-state index contributed by atoms with van der Waals surface area (Å²) >= 11 is 0. The second-order valence-electron chi connectivity index (χ2n) is 3.73. The van der Waals surface area contributed by atoms with Crippen LogP contribution in [0.15, 0.2) is 18.2 Å². The van der Waals surface area contributed by atoms with Crippen molar-refractivity contribution in [3.05, 3.63) is 29.3 Å². The lowest BCUT2D eigenvalue weighted by Gasteiger charge is -2.20. The lowest BCUT2D eigenvalue weighted by molar-refractivity contribution is 0.0697. The van der Waals surface area contributed by atoms with Crippen molar-refractivity contribution in [3.8, 4) is 0 Å². The number of aromatic carboxylic acids is 1. The van der Waals surface area contributed by atoms with Crippen LogP contribution >= 0.6 is 0 Å². The topological polar surface area (TPSA) is 40.5 Å². The number of rotatable bonds is 4. The van der Waals surface area contributed by atoms with Gasteiger partial charge in [0.1, 0.15) is 0 Å². The molecule has 0 aliphatic carbocycles. The van der Waals surface area contributed by atoms with Crippen molar-refractivity contribution in [1.82, 2.24) is 0 Å². The number of anilines is 1. The maximum absolute atomic E-state index is 10.7. The van der Waals surface area contributed by atoms with Crippen molar-refractivity contribution in [2.75, 3.05) is 18.5 Å². The number of benzene rings is 1. The van der Waals surface area contributed by atoms with Gasteiger partial charge in [0.2, 0.25) is 0 Å². The third kappa shape index (κ3) is 2.72. The van der Waals surface area contributed by atoms with E-state index in [9.17, 15) is 4.79 Å². The Morgan fingerprint density at radius 2 is 2.13 bits per heavy atom. The quantitative estimate of drug-likeness (QED) is 0.824. The van der Waals surface area contributed by atoms with E-state index in [4.69, 9.17) is 5.11 Å². The average molecular weight is 207 g/mol. The maximum Gasteiger partial charge on any atom is 0.335 e. The van der Waals surface area contributed by atoms with Crippen molar-refractivity contribution in [2.24, 2.45) is 0 Å². The lowest BCUT2D eigenvalue weighted by atomic mass is 10.1. The molecule has 0 amide bonds. The van der Waals surface area contributed by atoms with E-state index in [2.05, 4.69) is 11.8 Å². The van der Waals surface area contributed by atoms with E-state index in [1.807, 2.05) is 20.0 Å². The third-order valence-corrected chi connectivity index (χ3v) is 2.41. The molecule has 0 saturated heterocycles. The predicted octanol–water partition coefficient (Wildman–Crippen LogP) is 2.54. The zero-order valence-corrected chi connectivity index (χ0v) is 9.45. The van der Waals surface area contributed by atoms with Gasteiger partial charge in [-0.3, -0.25) is 0 Å². The van der Waals surface area contributed by atoms with E-state index in [1.165, 1.54) is 0 Å². The second kappa shape index (κ2) is 4.82. The molecule has 0 radical (unpaired) electrons. The Balaban J connectivity index is 2.97. The number of hydrogen-bond donors (Lipinski definition) is 1. The molecule has 0 saturated carbocycles. The Morgan fingerprint density at radius 1 is 1.47 bits per heavy atom. The van der Waals surface area contributed by atoms with Crippen LogP contribution in [-0.2, 0) is 0 Å². The van der Waals surface area contributed by atoms with Crippen LogP contribution in [0.4, 0.5) is 5.69 Å². The highest BCUT2D eigenvalue weighted by Crippen LogP contribution is 2.20. The first kappa shape index (κ1) is 11.6. The summed E-state index contributed by atoms with van der Waals surface area (Å²) in [6.07, 6.45) is 1.08. The first-order valence-corrected chi connectivity index (χ1v) is 5.11. The third-order valence-electron chi connectivity index (χ3n) is 2.41. The molecule has 15 heavy (non-hydrogen) atoms. The Kier molecular flexibility index (Phi) is 3.72. The van der Waals surface area contributed by atoms with Crippen molar-refractivity contribution < 1.29 is 9.90 Å².